The lowest BCUT2D eigenvalue weighted by Gasteiger charge is -2.27. The van der Waals surface area contributed by atoms with Gasteiger partial charge in [0.1, 0.15) is 17.4 Å². The maximum atomic E-state index is 15.9. The number of carboxylic acid groups (broad SMARTS) is 2. The van der Waals surface area contributed by atoms with E-state index in [0.717, 1.165) is 43.1 Å². The second kappa shape index (κ2) is 17.9. The summed E-state index contributed by atoms with van der Waals surface area (Å²) >= 11 is 0. The van der Waals surface area contributed by atoms with Gasteiger partial charge in [-0.05, 0) is 70.0 Å². The maximum absolute atomic E-state index is 15.9. The van der Waals surface area contributed by atoms with E-state index in [-0.39, 0.29) is 17.7 Å². The molecule has 274 valence electrons. The van der Waals surface area contributed by atoms with Crippen LogP contribution in [0.5, 0.6) is 11.5 Å². The molecule has 11 nitrogen and oxygen atoms in total. The van der Waals surface area contributed by atoms with Crippen molar-refractivity contribution in [2.45, 2.75) is 58.6 Å². The van der Waals surface area contributed by atoms with Gasteiger partial charge in [-0.2, -0.15) is 26.3 Å². The van der Waals surface area contributed by atoms with Gasteiger partial charge in [0.2, 0.25) is 0 Å². The SMILES string of the molecule is CCOc1cc(OC(C)C)c(F)c(N(Cc2cccc(N3CCCC3)n2)c2ccc(C(=N)N)cc2)c1.O=C(O)C(F)(F)F.O=C(O)C(F)(F)F. The number of carboxylic acids is 2. The smallest absolute Gasteiger partial charge is 0.490 e. The standard InChI is InChI=1S/C28H34FN5O2.2C2HF3O2/c1-4-35-23-16-24(27(29)25(17-23)36-19(2)3)34(22-12-10-20(11-13-22)28(30)31)18-21-8-7-9-26(32-21)33-14-5-6-15-33;2*3-2(4,5)1(6)7/h7-13,16-17,19H,4-6,14-15,18H2,1-3H3,(H3,30,31);2*(H,6,7). The normalized spacial score (nSPS) is 12.7. The first-order valence-corrected chi connectivity index (χ1v) is 14.9. The zero-order chi connectivity index (χ0) is 37.8. The summed E-state index contributed by atoms with van der Waals surface area (Å²) in [6, 6.07) is 16.4. The minimum atomic E-state index is -5.08. The maximum Gasteiger partial charge on any atom is 0.490 e. The molecule has 4 rings (SSSR count). The summed E-state index contributed by atoms with van der Waals surface area (Å²) in [6.45, 7) is 8.36. The molecule has 0 amide bonds. The molecule has 0 bridgehead atoms. The van der Waals surface area contributed by atoms with Crippen LogP contribution in [0.2, 0.25) is 0 Å². The van der Waals surface area contributed by atoms with Crippen molar-refractivity contribution >= 4 is 35.0 Å². The summed E-state index contributed by atoms with van der Waals surface area (Å²) in [4.78, 5) is 26.8. The van der Waals surface area contributed by atoms with Gasteiger partial charge < -0.3 is 35.2 Å². The molecule has 2 heterocycles. The fourth-order valence-electron chi connectivity index (χ4n) is 4.32. The molecule has 50 heavy (non-hydrogen) atoms. The third-order valence-corrected chi connectivity index (χ3v) is 6.48. The van der Waals surface area contributed by atoms with E-state index in [2.05, 4.69) is 4.90 Å². The Balaban J connectivity index is 0.000000521. The molecule has 1 aliphatic rings. The lowest BCUT2D eigenvalue weighted by atomic mass is 10.1. The van der Waals surface area contributed by atoms with Gasteiger partial charge in [-0.15, -0.1) is 0 Å². The second-order valence-corrected chi connectivity index (χ2v) is 10.7. The number of anilines is 3. The predicted molar refractivity (Wildman–Crippen MR) is 170 cm³/mol. The van der Waals surface area contributed by atoms with Crippen LogP contribution in [0, 0.1) is 11.2 Å². The zero-order valence-corrected chi connectivity index (χ0v) is 27.1. The van der Waals surface area contributed by atoms with Gasteiger partial charge in [0, 0.05) is 36.5 Å². The predicted octanol–water partition coefficient (Wildman–Crippen LogP) is 6.90. The van der Waals surface area contributed by atoms with Crippen LogP contribution in [-0.4, -0.2) is 71.1 Å². The topological polar surface area (TPSA) is 162 Å². The van der Waals surface area contributed by atoms with Crippen LogP contribution in [-0.2, 0) is 16.1 Å². The number of rotatable bonds is 10. The Morgan fingerprint density at radius 1 is 0.980 bits per heavy atom. The van der Waals surface area contributed by atoms with E-state index in [9.17, 15) is 26.3 Å². The molecule has 3 aromatic rings. The van der Waals surface area contributed by atoms with Crippen molar-refractivity contribution in [1.29, 1.82) is 5.41 Å². The average Bonchev–Trinajstić information content (AvgIpc) is 3.57. The van der Waals surface area contributed by atoms with Crippen LogP contribution < -0.4 is 25.0 Å². The molecule has 1 aliphatic heterocycles. The third kappa shape index (κ3) is 12.6. The van der Waals surface area contributed by atoms with Gasteiger partial charge in [-0.25, -0.2) is 19.0 Å². The van der Waals surface area contributed by atoms with Crippen LogP contribution >= 0.6 is 0 Å². The van der Waals surface area contributed by atoms with E-state index >= 15 is 4.39 Å². The number of benzene rings is 2. The minimum Gasteiger partial charge on any atom is -0.494 e. The molecule has 0 radical (unpaired) electrons. The number of halogens is 7. The van der Waals surface area contributed by atoms with Crippen molar-refractivity contribution in [3.05, 3.63) is 71.7 Å². The number of amidine groups is 1. The van der Waals surface area contributed by atoms with E-state index in [1.54, 1.807) is 24.3 Å². The molecule has 0 spiro atoms. The van der Waals surface area contributed by atoms with E-state index in [0.29, 0.717) is 30.2 Å². The Labute approximate surface area is 282 Å². The summed E-state index contributed by atoms with van der Waals surface area (Å²) in [5.74, 6) is -4.42. The molecule has 5 N–H and O–H groups in total. The lowest BCUT2D eigenvalue weighted by molar-refractivity contribution is -0.193. The van der Waals surface area contributed by atoms with Crippen molar-refractivity contribution in [2.75, 3.05) is 29.5 Å². The van der Waals surface area contributed by atoms with Crippen molar-refractivity contribution in [3.8, 4) is 11.5 Å². The van der Waals surface area contributed by atoms with Crippen molar-refractivity contribution in [1.82, 2.24) is 4.98 Å². The number of nitrogens with one attached hydrogen (secondary N) is 1. The first-order chi connectivity index (χ1) is 23.2. The molecule has 0 saturated carbocycles. The van der Waals surface area contributed by atoms with Crippen molar-refractivity contribution in [2.24, 2.45) is 5.73 Å². The van der Waals surface area contributed by atoms with Gasteiger partial charge in [-0.1, -0.05) is 6.07 Å². The third-order valence-electron chi connectivity index (χ3n) is 6.48. The van der Waals surface area contributed by atoms with Crippen molar-refractivity contribution < 1.29 is 60.0 Å². The summed E-state index contributed by atoms with van der Waals surface area (Å²) in [5, 5.41) is 22.0. The van der Waals surface area contributed by atoms with Gasteiger partial charge in [0.25, 0.3) is 0 Å². The van der Waals surface area contributed by atoms with Crippen LogP contribution in [0.1, 0.15) is 44.9 Å². The number of nitrogen functional groups attached to an aromatic ring is 1. The number of alkyl halides is 6. The van der Waals surface area contributed by atoms with Crippen LogP contribution in [0.25, 0.3) is 0 Å². The van der Waals surface area contributed by atoms with E-state index in [4.69, 9.17) is 45.4 Å². The number of carbonyl (C=O) groups is 2. The number of hydrogen-bond acceptors (Lipinski definition) is 8. The summed E-state index contributed by atoms with van der Waals surface area (Å²) in [6.07, 6.45) is -8.05. The number of hydrogen-bond donors (Lipinski definition) is 4. The van der Waals surface area contributed by atoms with Gasteiger partial charge >= 0.3 is 24.3 Å². The molecule has 2 aromatic carbocycles. The Kier molecular flexibility index (Phi) is 14.6. The minimum absolute atomic E-state index is 0.0229. The molecule has 0 aliphatic carbocycles. The van der Waals surface area contributed by atoms with Gasteiger partial charge in [0.05, 0.1) is 30.6 Å². The largest absolute Gasteiger partial charge is 0.494 e. The fourth-order valence-corrected chi connectivity index (χ4v) is 4.32. The highest BCUT2D eigenvalue weighted by atomic mass is 19.4. The second-order valence-electron chi connectivity index (χ2n) is 10.7. The average molecular weight is 720 g/mol. The number of nitrogens with two attached hydrogens (primary N) is 1. The molecule has 18 heteroatoms. The first kappa shape index (κ1) is 40.9. The number of ether oxygens (including phenoxy) is 2. The Morgan fingerprint density at radius 2 is 1.52 bits per heavy atom. The quantitative estimate of drug-likeness (QED) is 0.0986. The molecule has 1 saturated heterocycles. The highest BCUT2D eigenvalue weighted by Gasteiger charge is 2.39. The van der Waals surface area contributed by atoms with E-state index in [1.807, 2.05) is 56.0 Å². The Hall–Kier alpha value is -5.29. The van der Waals surface area contributed by atoms with Crippen LogP contribution in [0.15, 0.2) is 54.6 Å². The number of nitrogens with zero attached hydrogens (tertiary/aromatic N) is 3. The highest BCUT2D eigenvalue weighted by Crippen LogP contribution is 2.38. The van der Waals surface area contributed by atoms with E-state index < -0.39 is 30.1 Å². The lowest BCUT2D eigenvalue weighted by Crippen LogP contribution is -2.22. The van der Waals surface area contributed by atoms with Gasteiger partial charge in [-0.3, -0.25) is 5.41 Å². The van der Waals surface area contributed by atoms with Crippen LogP contribution in [0.4, 0.5) is 47.9 Å². The molecular formula is C32H36F7N5O6. The fraction of sp³-hybridized carbons (Fsp3) is 0.375. The first-order valence-electron chi connectivity index (χ1n) is 14.9. The molecule has 1 aromatic heterocycles. The van der Waals surface area contributed by atoms with Crippen molar-refractivity contribution in [3.63, 3.8) is 0 Å². The van der Waals surface area contributed by atoms with Crippen LogP contribution in [0.3, 0.4) is 0 Å². The summed E-state index contributed by atoms with van der Waals surface area (Å²) in [5.41, 5.74) is 8.11. The van der Waals surface area contributed by atoms with Gasteiger partial charge in [0.15, 0.2) is 11.6 Å². The number of aliphatic carboxylic acids is 2. The highest BCUT2D eigenvalue weighted by molar-refractivity contribution is 5.95. The Morgan fingerprint density at radius 3 is 1.98 bits per heavy atom. The monoisotopic (exact) mass is 719 g/mol. The molecular weight excluding hydrogens is 683 g/mol. The number of aromatic nitrogens is 1. The molecule has 0 unspecified atom stereocenters. The number of pyridine rings is 1. The summed E-state index contributed by atoms with van der Waals surface area (Å²) < 4.78 is 90.9. The Bertz CT molecular complexity index is 1570. The zero-order valence-electron chi connectivity index (χ0n) is 27.1. The van der Waals surface area contributed by atoms with E-state index in [1.165, 1.54) is 0 Å². The molecule has 0 atom stereocenters. The molecule has 1 fully saturated rings. The summed E-state index contributed by atoms with van der Waals surface area (Å²) in [7, 11) is 0.